The first kappa shape index (κ1) is 16.8. The molecule has 0 radical (unpaired) electrons. The lowest BCUT2D eigenvalue weighted by Crippen LogP contribution is -2.51. The van der Waals surface area contributed by atoms with Gasteiger partial charge in [0, 0.05) is 13.1 Å². The third-order valence-electron chi connectivity index (χ3n) is 3.96. The van der Waals surface area contributed by atoms with Crippen LogP contribution < -0.4 is 5.32 Å². The van der Waals surface area contributed by atoms with Gasteiger partial charge in [-0.3, -0.25) is 0 Å². The van der Waals surface area contributed by atoms with Crippen LogP contribution in [-0.4, -0.2) is 54.4 Å². The van der Waals surface area contributed by atoms with E-state index >= 15 is 0 Å². The molecular formula is C14H26N2O4. The molecule has 1 fully saturated rings. The molecule has 0 aromatic rings. The largest absolute Gasteiger partial charge is 0.480 e. The predicted molar refractivity (Wildman–Crippen MR) is 75.7 cm³/mol. The van der Waals surface area contributed by atoms with Crippen LogP contribution in [0.4, 0.5) is 4.79 Å². The highest BCUT2D eigenvalue weighted by atomic mass is 16.5. The zero-order valence-corrected chi connectivity index (χ0v) is 12.6. The Morgan fingerprint density at radius 2 is 1.95 bits per heavy atom. The summed E-state index contributed by atoms with van der Waals surface area (Å²) >= 11 is 0. The van der Waals surface area contributed by atoms with Crippen molar-refractivity contribution in [1.82, 2.24) is 10.2 Å². The molecule has 1 aliphatic heterocycles. The van der Waals surface area contributed by atoms with E-state index in [9.17, 15) is 14.7 Å². The molecule has 0 saturated carbocycles. The summed E-state index contributed by atoms with van der Waals surface area (Å²) in [5.41, 5.74) is 0.0946. The molecule has 0 bridgehead atoms. The predicted octanol–water partition coefficient (Wildman–Crippen LogP) is 1.70. The second-order valence-corrected chi connectivity index (χ2v) is 6.00. The number of morpholine rings is 1. The number of hydrogen-bond donors (Lipinski definition) is 2. The molecule has 1 heterocycles. The summed E-state index contributed by atoms with van der Waals surface area (Å²) in [7, 11) is 0. The van der Waals surface area contributed by atoms with Crippen molar-refractivity contribution in [3.8, 4) is 0 Å². The molecule has 0 aromatic carbocycles. The molecule has 116 valence electrons. The van der Waals surface area contributed by atoms with Crippen LogP contribution in [0.5, 0.6) is 0 Å². The van der Waals surface area contributed by atoms with Gasteiger partial charge in [-0.25, -0.2) is 9.59 Å². The molecule has 1 rings (SSSR count). The first-order valence-electron chi connectivity index (χ1n) is 7.22. The van der Waals surface area contributed by atoms with Crippen LogP contribution in [-0.2, 0) is 9.53 Å². The van der Waals surface area contributed by atoms with Gasteiger partial charge < -0.3 is 20.1 Å². The third kappa shape index (κ3) is 5.36. The van der Waals surface area contributed by atoms with Gasteiger partial charge in [-0.15, -0.1) is 0 Å². The van der Waals surface area contributed by atoms with E-state index in [0.717, 1.165) is 12.8 Å². The summed E-state index contributed by atoms with van der Waals surface area (Å²) in [6.07, 6.45) is 2.20. The van der Waals surface area contributed by atoms with Gasteiger partial charge in [-0.2, -0.15) is 0 Å². The van der Waals surface area contributed by atoms with E-state index in [4.69, 9.17) is 4.74 Å². The lowest BCUT2D eigenvalue weighted by atomic mass is 9.84. The molecule has 0 aliphatic carbocycles. The Kier molecular flexibility index (Phi) is 6.26. The van der Waals surface area contributed by atoms with E-state index in [1.807, 2.05) is 0 Å². The van der Waals surface area contributed by atoms with Crippen LogP contribution >= 0.6 is 0 Å². The fourth-order valence-electron chi connectivity index (χ4n) is 1.98. The van der Waals surface area contributed by atoms with Gasteiger partial charge in [0.15, 0.2) is 0 Å². The van der Waals surface area contributed by atoms with Crippen molar-refractivity contribution in [2.45, 2.75) is 46.1 Å². The second kappa shape index (κ2) is 7.47. The molecule has 6 heteroatoms. The van der Waals surface area contributed by atoms with Crippen LogP contribution in [0.3, 0.4) is 0 Å². The third-order valence-corrected chi connectivity index (χ3v) is 3.96. The Labute approximate surface area is 120 Å². The van der Waals surface area contributed by atoms with Crippen LogP contribution in [0.15, 0.2) is 0 Å². The van der Waals surface area contributed by atoms with Crippen LogP contribution in [0, 0.1) is 5.41 Å². The first-order valence-corrected chi connectivity index (χ1v) is 7.22. The minimum Gasteiger partial charge on any atom is -0.480 e. The SMILES string of the molecule is CCC(C)(C)CCC(NC(=O)N1CCOCC1)C(=O)O. The molecule has 1 atom stereocenters. The summed E-state index contributed by atoms with van der Waals surface area (Å²) in [5.74, 6) is -0.974. The first-order chi connectivity index (χ1) is 9.35. The number of nitrogens with one attached hydrogen (secondary N) is 1. The van der Waals surface area contributed by atoms with E-state index in [1.165, 1.54) is 0 Å². The normalized spacial score (nSPS) is 17.6. The van der Waals surface area contributed by atoms with Crippen molar-refractivity contribution in [1.29, 1.82) is 0 Å². The van der Waals surface area contributed by atoms with Crippen LogP contribution in [0.2, 0.25) is 0 Å². The fourth-order valence-corrected chi connectivity index (χ4v) is 1.98. The average molecular weight is 286 g/mol. The van der Waals surface area contributed by atoms with E-state index in [0.29, 0.717) is 32.7 Å². The Morgan fingerprint density at radius 1 is 1.35 bits per heavy atom. The van der Waals surface area contributed by atoms with Crippen molar-refractivity contribution in [3.63, 3.8) is 0 Å². The van der Waals surface area contributed by atoms with Crippen molar-refractivity contribution in [2.75, 3.05) is 26.3 Å². The van der Waals surface area contributed by atoms with Gasteiger partial charge >= 0.3 is 12.0 Å². The minimum atomic E-state index is -0.974. The number of aliphatic carboxylic acids is 1. The maximum atomic E-state index is 12.0. The number of hydrogen-bond acceptors (Lipinski definition) is 3. The van der Waals surface area contributed by atoms with E-state index in [-0.39, 0.29) is 11.4 Å². The summed E-state index contributed by atoms with van der Waals surface area (Å²) in [6.45, 7) is 8.34. The van der Waals surface area contributed by atoms with Crippen molar-refractivity contribution < 1.29 is 19.4 Å². The molecule has 20 heavy (non-hydrogen) atoms. The lowest BCUT2D eigenvalue weighted by molar-refractivity contribution is -0.139. The summed E-state index contributed by atoms with van der Waals surface area (Å²) in [4.78, 5) is 24.9. The van der Waals surface area contributed by atoms with Crippen molar-refractivity contribution >= 4 is 12.0 Å². The van der Waals surface area contributed by atoms with Gasteiger partial charge in [0.05, 0.1) is 13.2 Å². The minimum absolute atomic E-state index is 0.0946. The lowest BCUT2D eigenvalue weighted by Gasteiger charge is -2.29. The van der Waals surface area contributed by atoms with Crippen LogP contribution in [0.25, 0.3) is 0 Å². The monoisotopic (exact) mass is 286 g/mol. The highest BCUT2D eigenvalue weighted by Crippen LogP contribution is 2.26. The quantitative estimate of drug-likeness (QED) is 0.779. The zero-order valence-electron chi connectivity index (χ0n) is 12.6. The number of rotatable bonds is 6. The number of ether oxygens (including phenoxy) is 1. The Hall–Kier alpha value is -1.30. The number of nitrogens with zero attached hydrogens (tertiary/aromatic N) is 1. The maximum absolute atomic E-state index is 12.0. The topological polar surface area (TPSA) is 78.9 Å². The van der Waals surface area contributed by atoms with E-state index in [1.54, 1.807) is 4.90 Å². The molecule has 2 N–H and O–H groups in total. The van der Waals surface area contributed by atoms with Crippen LogP contribution in [0.1, 0.15) is 40.0 Å². The number of carbonyl (C=O) groups excluding carboxylic acids is 1. The molecule has 0 spiro atoms. The molecular weight excluding hydrogens is 260 g/mol. The van der Waals surface area contributed by atoms with Gasteiger partial charge in [-0.05, 0) is 18.3 Å². The van der Waals surface area contributed by atoms with Gasteiger partial charge in [-0.1, -0.05) is 27.2 Å². The number of carboxylic acid groups (broad SMARTS) is 1. The molecule has 0 aromatic heterocycles. The fraction of sp³-hybridized carbons (Fsp3) is 0.857. The zero-order chi connectivity index (χ0) is 15.2. The molecule has 1 aliphatic rings. The van der Waals surface area contributed by atoms with Gasteiger partial charge in [0.25, 0.3) is 0 Å². The van der Waals surface area contributed by atoms with E-state index < -0.39 is 12.0 Å². The summed E-state index contributed by atoms with van der Waals surface area (Å²) in [5, 5.41) is 11.8. The Balaban J connectivity index is 2.49. The second-order valence-electron chi connectivity index (χ2n) is 6.00. The van der Waals surface area contributed by atoms with Crippen molar-refractivity contribution in [3.05, 3.63) is 0 Å². The smallest absolute Gasteiger partial charge is 0.326 e. The maximum Gasteiger partial charge on any atom is 0.326 e. The van der Waals surface area contributed by atoms with Crippen molar-refractivity contribution in [2.24, 2.45) is 5.41 Å². The molecule has 6 nitrogen and oxygen atoms in total. The number of carbonyl (C=O) groups is 2. The highest BCUT2D eigenvalue weighted by molar-refractivity contribution is 5.82. The average Bonchev–Trinajstić information content (AvgIpc) is 2.43. The Morgan fingerprint density at radius 3 is 2.45 bits per heavy atom. The van der Waals surface area contributed by atoms with Gasteiger partial charge in [0.2, 0.25) is 0 Å². The highest BCUT2D eigenvalue weighted by Gasteiger charge is 2.26. The van der Waals surface area contributed by atoms with E-state index in [2.05, 4.69) is 26.1 Å². The number of urea groups is 1. The summed E-state index contributed by atoms with van der Waals surface area (Å²) < 4.78 is 5.17. The number of carboxylic acids is 1. The Bertz CT molecular complexity index is 338. The van der Waals surface area contributed by atoms with Gasteiger partial charge in [0.1, 0.15) is 6.04 Å². The molecule has 1 unspecified atom stereocenters. The summed E-state index contributed by atoms with van der Waals surface area (Å²) in [6, 6.07) is -1.13. The standard InChI is InChI=1S/C14H26N2O4/c1-4-14(2,3)6-5-11(12(17)18)15-13(19)16-7-9-20-10-8-16/h11H,4-10H2,1-3H3,(H,15,19)(H,17,18). The number of amides is 2. The molecule has 1 saturated heterocycles. The molecule has 2 amide bonds.